The molecule has 0 atom stereocenters. The van der Waals surface area contributed by atoms with E-state index in [0.717, 1.165) is 41.1 Å². The van der Waals surface area contributed by atoms with Crippen LogP contribution in [0.2, 0.25) is 0 Å². The van der Waals surface area contributed by atoms with Crippen LogP contribution in [0, 0.1) is 0 Å². The molecule has 40 heavy (non-hydrogen) atoms. The van der Waals surface area contributed by atoms with Crippen LogP contribution >= 0.6 is 0 Å². The number of carbonyl (C=O) groups is 1. The minimum absolute atomic E-state index is 0.101. The van der Waals surface area contributed by atoms with Gasteiger partial charge >= 0.3 is 0 Å². The molecule has 0 bridgehead atoms. The molecule has 3 aromatic carbocycles. The molecule has 0 aliphatic carbocycles. The molecule has 3 aromatic rings. The zero-order valence-corrected chi connectivity index (χ0v) is 24.3. The largest absolute Gasteiger partial charge is 0.497 e. The van der Waals surface area contributed by atoms with Crippen LogP contribution in [0.15, 0.2) is 54.6 Å². The van der Waals surface area contributed by atoms with E-state index in [0.29, 0.717) is 60.6 Å². The fourth-order valence-corrected chi connectivity index (χ4v) is 4.97. The van der Waals surface area contributed by atoms with E-state index in [2.05, 4.69) is 11.0 Å². The zero-order valence-electron chi connectivity index (χ0n) is 24.3. The van der Waals surface area contributed by atoms with E-state index in [9.17, 15) is 4.79 Å². The van der Waals surface area contributed by atoms with E-state index >= 15 is 0 Å². The molecule has 0 fully saturated rings. The molecule has 7 nitrogen and oxygen atoms in total. The second-order valence-electron chi connectivity index (χ2n) is 9.30. The lowest BCUT2D eigenvalue weighted by atomic mass is 9.87. The standard InChI is InChI=1S/C33H39NO6/c1-7-37-27-16-13-24(20-28(27)38-8-2)31(33(35)22-11-14-25(36-6)15-12-22)32-26-21-30(40-10-4)29(39-9-3)19-23(26)17-18-34(32)5/h11-16,19-21H,7-10,17-18H2,1-6H3. The van der Waals surface area contributed by atoms with Crippen molar-refractivity contribution >= 4 is 17.1 Å². The summed E-state index contributed by atoms with van der Waals surface area (Å²) in [5.41, 5.74) is 4.77. The maximum Gasteiger partial charge on any atom is 0.195 e. The van der Waals surface area contributed by atoms with Crippen molar-refractivity contribution in [3.05, 3.63) is 76.9 Å². The summed E-state index contributed by atoms with van der Waals surface area (Å²) in [6, 6.07) is 17.0. The lowest BCUT2D eigenvalue weighted by Crippen LogP contribution is -2.28. The number of hydrogen-bond acceptors (Lipinski definition) is 7. The molecule has 0 spiro atoms. The van der Waals surface area contributed by atoms with Gasteiger partial charge in [-0.2, -0.15) is 0 Å². The molecule has 0 aromatic heterocycles. The number of methoxy groups -OCH3 is 1. The second kappa shape index (κ2) is 13.3. The molecule has 0 amide bonds. The van der Waals surface area contributed by atoms with E-state index in [-0.39, 0.29) is 5.78 Å². The van der Waals surface area contributed by atoms with Crippen molar-refractivity contribution < 1.29 is 28.5 Å². The molecule has 1 aliphatic heterocycles. The number of nitrogens with zero attached hydrogens (tertiary/aromatic N) is 1. The van der Waals surface area contributed by atoms with Crippen molar-refractivity contribution in [1.29, 1.82) is 0 Å². The molecule has 0 unspecified atom stereocenters. The van der Waals surface area contributed by atoms with Gasteiger partial charge in [0, 0.05) is 24.7 Å². The number of rotatable bonds is 12. The number of carbonyl (C=O) groups excluding carboxylic acids is 1. The summed E-state index contributed by atoms with van der Waals surface area (Å²) in [6.45, 7) is 10.5. The Morgan fingerprint density at radius 3 is 1.88 bits per heavy atom. The number of Topliss-reactive ketones (excluding diaryl/α,β-unsaturated/α-hetero) is 1. The molecule has 0 saturated carbocycles. The summed E-state index contributed by atoms with van der Waals surface area (Å²) in [5, 5.41) is 0. The summed E-state index contributed by atoms with van der Waals surface area (Å²) in [6.07, 6.45) is 0.819. The Hall–Kier alpha value is -4.13. The predicted molar refractivity (Wildman–Crippen MR) is 158 cm³/mol. The maximum atomic E-state index is 14.4. The Morgan fingerprint density at radius 1 is 0.725 bits per heavy atom. The first-order valence-electron chi connectivity index (χ1n) is 13.9. The molecule has 0 saturated heterocycles. The van der Waals surface area contributed by atoms with Gasteiger partial charge in [-0.3, -0.25) is 4.79 Å². The van der Waals surface area contributed by atoms with Crippen molar-refractivity contribution in [3.63, 3.8) is 0 Å². The lowest BCUT2D eigenvalue weighted by Gasteiger charge is -2.33. The molecule has 0 radical (unpaired) electrons. The van der Waals surface area contributed by atoms with Crippen LogP contribution in [0.25, 0.3) is 11.3 Å². The SMILES string of the molecule is CCOc1ccc(C(C(=O)c2ccc(OC)cc2)=C2c3cc(OCC)c(OCC)cc3CCN2C)cc1OCC. The van der Waals surface area contributed by atoms with E-state index in [4.69, 9.17) is 23.7 Å². The van der Waals surface area contributed by atoms with Gasteiger partial charge in [0.25, 0.3) is 0 Å². The molecule has 1 aliphatic rings. The highest BCUT2D eigenvalue weighted by atomic mass is 16.5. The average molecular weight is 546 g/mol. The van der Waals surface area contributed by atoms with Crippen molar-refractivity contribution in [2.45, 2.75) is 34.1 Å². The van der Waals surface area contributed by atoms with Gasteiger partial charge in [0.2, 0.25) is 0 Å². The number of benzene rings is 3. The molecular weight excluding hydrogens is 506 g/mol. The van der Waals surface area contributed by atoms with Gasteiger partial charge in [0.1, 0.15) is 5.75 Å². The first kappa shape index (κ1) is 28.9. The normalized spacial score (nSPS) is 13.8. The van der Waals surface area contributed by atoms with Crippen LogP contribution in [-0.4, -0.2) is 57.8 Å². The third-order valence-corrected chi connectivity index (χ3v) is 6.77. The number of allylic oxidation sites excluding steroid dienone is 1. The highest BCUT2D eigenvalue weighted by Gasteiger charge is 2.29. The van der Waals surface area contributed by atoms with Gasteiger partial charge in [0.05, 0.1) is 44.8 Å². The van der Waals surface area contributed by atoms with Crippen LogP contribution < -0.4 is 23.7 Å². The van der Waals surface area contributed by atoms with Crippen molar-refractivity contribution in [2.24, 2.45) is 0 Å². The van der Waals surface area contributed by atoms with E-state index in [1.165, 1.54) is 0 Å². The topological polar surface area (TPSA) is 66.5 Å². The quantitative estimate of drug-likeness (QED) is 0.189. The Labute approximate surface area is 237 Å². The minimum atomic E-state index is -0.101. The highest BCUT2D eigenvalue weighted by Crippen LogP contribution is 2.42. The Bertz CT molecular complexity index is 1360. The van der Waals surface area contributed by atoms with E-state index in [1.54, 1.807) is 31.4 Å². The number of ketones is 1. The zero-order chi connectivity index (χ0) is 28.6. The average Bonchev–Trinajstić information content (AvgIpc) is 2.96. The number of fused-ring (bicyclic) bond motifs is 1. The van der Waals surface area contributed by atoms with Gasteiger partial charge in [0.15, 0.2) is 28.8 Å². The highest BCUT2D eigenvalue weighted by molar-refractivity contribution is 6.34. The van der Waals surface area contributed by atoms with Gasteiger partial charge in [-0.15, -0.1) is 0 Å². The van der Waals surface area contributed by atoms with Crippen LogP contribution in [-0.2, 0) is 6.42 Å². The summed E-state index contributed by atoms with van der Waals surface area (Å²) in [5.74, 6) is 3.21. The molecular formula is C33H39NO6. The maximum absolute atomic E-state index is 14.4. The van der Waals surface area contributed by atoms with E-state index < -0.39 is 0 Å². The van der Waals surface area contributed by atoms with Gasteiger partial charge in [-0.25, -0.2) is 0 Å². The Morgan fingerprint density at radius 2 is 1.27 bits per heavy atom. The Kier molecular flexibility index (Phi) is 9.59. The third-order valence-electron chi connectivity index (χ3n) is 6.77. The third kappa shape index (κ3) is 6.03. The molecule has 212 valence electrons. The van der Waals surface area contributed by atoms with Crippen molar-refractivity contribution in [1.82, 2.24) is 4.90 Å². The monoisotopic (exact) mass is 545 g/mol. The molecule has 1 heterocycles. The first-order chi connectivity index (χ1) is 19.4. The van der Waals surface area contributed by atoms with Crippen LogP contribution in [0.4, 0.5) is 0 Å². The number of hydrogen-bond donors (Lipinski definition) is 0. The fraction of sp³-hybridized carbons (Fsp3) is 0.364. The van der Waals surface area contributed by atoms with Crippen LogP contribution in [0.3, 0.4) is 0 Å². The Balaban J connectivity index is 2.01. The predicted octanol–water partition coefficient (Wildman–Crippen LogP) is 6.53. The second-order valence-corrected chi connectivity index (χ2v) is 9.30. The molecule has 0 N–H and O–H groups in total. The molecule has 7 heteroatoms. The number of ether oxygens (including phenoxy) is 5. The van der Waals surface area contributed by atoms with Crippen molar-refractivity contribution in [2.75, 3.05) is 47.1 Å². The number of likely N-dealkylation sites (N-methyl/N-ethyl adjacent to an activating group) is 1. The summed E-state index contributed by atoms with van der Waals surface area (Å²) < 4.78 is 29.0. The summed E-state index contributed by atoms with van der Waals surface area (Å²) in [7, 11) is 3.63. The fourth-order valence-electron chi connectivity index (χ4n) is 4.97. The van der Waals surface area contributed by atoms with Gasteiger partial charge in [-0.1, -0.05) is 6.07 Å². The summed E-state index contributed by atoms with van der Waals surface area (Å²) in [4.78, 5) is 16.6. The van der Waals surface area contributed by atoms with Crippen LogP contribution in [0.1, 0.15) is 54.7 Å². The van der Waals surface area contributed by atoms with E-state index in [1.807, 2.05) is 59.0 Å². The molecule has 4 rings (SSSR count). The smallest absolute Gasteiger partial charge is 0.195 e. The lowest BCUT2D eigenvalue weighted by molar-refractivity contribution is 0.105. The minimum Gasteiger partial charge on any atom is -0.497 e. The summed E-state index contributed by atoms with van der Waals surface area (Å²) >= 11 is 0. The first-order valence-corrected chi connectivity index (χ1v) is 13.9. The van der Waals surface area contributed by atoms with Crippen molar-refractivity contribution in [3.8, 4) is 28.7 Å². The van der Waals surface area contributed by atoms with Gasteiger partial charge < -0.3 is 28.6 Å². The van der Waals surface area contributed by atoms with Crippen LogP contribution in [0.5, 0.6) is 28.7 Å². The van der Waals surface area contributed by atoms with Gasteiger partial charge in [-0.05, 0) is 93.8 Å².